The molecule has 1 N–H and O–H groups in total. The summed E-state index contributed by atoms with van der Waals surface area (Å²) >= 11 is 0. The molecule has 1 aliphatic carbocycles. The first kappa shape index (κ1) is 13.7. The maximum Gasteiger partial charge on any atom is 0.234 e. The predicted octanol–water partition coefficient (Wildman–Crippen LogP) is 0.522. The van der Waals surface area contributed by atoms with Crippen LogP contribution >= 0.6 is 0 Å². The van der Waals surface area contributed by atoms with E-state index in [0.29, 0.717) is 44.2 Å². The molecule has 8 heteroatoms. The number of carbonyl (C=O) groups is 1. The second kappa shape index (κ2) is 5.65. The molecule has 2 fully saturated rings. The molecule has 0 aromatic carbocycles. The highest BCUT2D eigenvalue weighted by Crippen LogP contribution is 2.35. The third-order valence-corrected chi connectivity index (χ3v) is 3.72. The van der Waals surface area contributed by atoms with Gasteiger partial charge in [0.1, 0.15) is 5.92 Å². The molecule has 1 saturated heterocycles. The Hall–Kier alpha value is -2.22. The number of carbonyl (C=O) groups excluding carboxylic acids is 1. The summed E-state index contributed by atoms with van der Waals surface area (Å²) in [5.74, 6) is -0.149. The summed E-state index contributed by atoms with van der Waals surface area (Å²) in [6, 6.07) is 2.75. The van der Waals surface area contributed by atoms with Crippen molar-refractivity contribution in [2.45, 2.75) is 12.5 Å². The Kier molecular flexibility index (Phi) is 3.70. The van der Waals surface area contributed by atoms with Crippen molar-refractivity contribution in [1.29, 1.82) is 0 Å². The number of nitrogens with one attached hydrogen (secondary N) is 1. The van der Waals surface area contributed by atoms with Gasteiger partial charge in [0.15, 0.2) is 5.82 Å². The van der Waals surface area contributed by atoms with Crippen LogP contribution in [0.2, 0.25) is 0 Å². The van der Waals surface area contributed by atoms with Gasteiger partial charge < -0.3 is 15.0 Å². The molecule has 0 spiro atoms. The van der Waals surface area contributed by atoms with Gasteiger partial charge in [-0.15, -0.1) is 0 Å². The van der Waals surface area contributed by atoms with Crippen LogP contribution in [0.25, 0.3) is 0 Å². The first-order valence-electron chi connectivity index (χ1n) is 6.89. The summed E-state index contributed by atoms with van der Waals surface area (Å²) in [6.45, 7) is 2.66. The van der Waals surface area contributed by atoms with Gasteiger partial charge in [0.05, 0.1) is 18.9 Å². The first-order chi connectivity index (χ1) is 10.2. The minimum absolute atomic E-state index is 0.306. The van der Waals surface area contributed by atoms with E-state index < -0.39 is 16.9 Å². The fourth-order valence-electron chi connectivity index (χ4n) is 2.44. The number of nitrogens with zero attached hydrogens (tertiary/aromatic N) is 3. The molecule has 2 aliphatic rings. The minimum Gasteiger partial charge on any atom is -0.378 e. The van der Waals surface area contributed by atoms with Crippen molar-refractivity contribution in [2.24, 2.45) is 5.92 Å². The van der Waals surface area contributed by atoms with E-state index in [4.69, 9.17) is 4.74 Å². The lowest BCUT2D eigenvalue weighted by atomic mass is 10.3. The monoisotopic (exact) mass is 292 g/mol. The Morgan fingerprint density at radius 2 is 2.24 bits per heavy atom. The maximum absolute atomic E-state index is 12.0. The topological polar surface area (TPSA) is 97.6 Å². The van der Waals surface area contributed by atoms with Crippen molar-refractivity contribution in [1.82, 2.24) is 4.98 Å². The van der Waals surface area contributed by atoms with Crippen LogP contribution in [-0.4, -0.2) is 48.2 Å². The molecule has 1 saturated carbocycles. The fraction of sp³-hybridized carbons (Fsp3) is 0.538. The second-order valence-corrected chi connectivity index (χ2v) is 5.16. The molecule has 1 aromatic rings. The summed E-state index contributed by atoms with van der Waals surface area (Å²) in [4.78, 5) is 28.6. The number of anilines is 2. The molecule has 0 bridgehead atoms. The molecular formula is C13H16N4O4. The Morgan fingerprint density at radius 1 is 1.48 bits per heavy atom. The molecule has 3 rings (SSSR count). The van der Waals surface area contributed by atoms with Crippen molar-refractivity contribution >= 4 is 17.4 Å². The van der Waals surface area contributed by atoms with E-state index >= 15 is 0 Å². The lowest BCUT2D eigenvalue weighted by molar-refractivity contribution is -0.497. The van der Waals surface area contributed by atoms with E-state index in [1.54, 1.807) is 18.3 Å². The van der Waals surface area contributed by atoms with Crippen LogP contribution in [-0.2, 0) is 9.53 Å². The highest BCUT2D eigenvalue weighted by molar-refractivity contribution is 5.97. The number of morpholine rings is 1. The Bertz CT molecular complexity index is 559. The Labute approximate surface area is 121 Å². The molecule has 2 heterocycles. The largest absolute Gasteiger partial charge is 0.378 e. The molecule has 112 valence electrons. The van der Waals surface area contributed by atoms with Gasteiger partial charge in [-0.05, 0) is 12.1 Å². The van der Waals surface area contributed by atoms with Crippen LogP contribution in [0.1, 0.15) is 6.42 Å². The van der Waals surface area contributed by atoms with E-state index in [1.807, 2.05) is 4.90 Å². The number of hydrogen-bond donors (Lipinski definition) is 1. The van der Waals surface area contributed by atoms with Gasteiger partial charge in [-0.2, -0.15) is 0 Å². The summed E-state index contributed by atoms with van der Waals surface area (Å²) in [7, 11) is 0. The average molecular weight is 292 g/mol. The van der Waals surface area contributed by atoms with Crippen LogP contribution in [0.3, 0.4) is 0 Å². The average Bonchev–Trinajstić information content (AvgIpc) is 3.29. The quantitative estimate of drug-likeness (QED) is 0.642. The normalized spacial score (nSPS) is 24.5. The van der Waals surface area contributed by atoms with Crippen LogP contribution in [0, 0.1) is 16.0 Å². The first-order valence-corrected chi connectivity index (χ1v) is 6.89. The van der Waals surface area contributed by atoms with Crippen molar-refractivity contribution in [3.05, 3.63) is 28.4 Å². The SMILES string of the molecule is O=C(Nc1cccnc1N1CCOCC1)C1CC1[N+](=O)[O-]. The van der Waals surface area contributed by atoms with Crippen LogP contribution in [0.5, 0.6) is 0 Å². The Morgan fingerprint density at radius 3 is 2.90 bits per heavy atom. The zero-order chi connectivity index (χ0) is 14.8. The van der Waals surface area contributed by atoms with Crippen LogP contribution < -0.4 is 10.2 Å². The van der Waals surface area contributed by atoms with Crippen LogP contribution in [0.4, 0.5) is 11.5 Å². The lowest BCUT2D eigenvalue weighted by Gasteiger charge is -2.29. The van der Waals surface area contributed by atoms with Gasteiger partial charge in [0, 0.05) is 30.6 Å². The summed E-state index contributed by atoms with van der Waals surface area (Å²) in [5.41, 5.74) is 0.596. The van der Waals surface area contributed by atoms with Crippen molar-refractivity contribution < 1.29 is 14.5 Å². The molecule has 2 unspecified atom stereocenters. The molecule has 0 radical (unpaired) electrons. The third kappa shape index (κ3) is 2.94. The molecule has 1 amide bonds. The summed E-state index contributed by atoms with van der Waals surface area (Å²) in [5, 5.41) is 13.4. The predicted molar refractivity (Wildman–Crippen MR) is 74.8 cm³/mol. The molecule has 8 nitrogen and oxygen atoms in total. The smallest absolute Gasteiger partial charge is 0.234 e. The number of rotatable bonds is 4. The number of hydrogen-bond acceptors (Lipinski definition) is 6. The summed E-state index contributed by atoms with van der Waals surface area (Å²) < 4.78 is 5.30. The molecule has 1 aliphatic heterocycles. The van der Waals surface area contributed by atoms with Crippen LogP contribution in [0.15, 0.2) is 18.3 Å². The molecule has 1 aromatic heterocycles. The van der Waals surface area contributed by atoms with Crippen molar-refractivity contribution in [3.63, 3.8) is 0 Å². The van der Waals surface area contributed by atoms with Gasteiger partial charge in [-0.1, -0.05) is 0 Å². The minimum atomic E-state index is -0.742. The van der Waals surface area contributed by atoms with E-state index in [9.17, 15) is 14.9 Å². The van der Waals surface area contributed by atoms with Gasteiger partial charge in [-0.25, -0.2) is 4.98 Å². The fourth-order valence-corrected chi connectivity index (χ4v) is 2.44. The van der Waals surface area contributed by atoms with E-state index in [1.165, 1.54) is 0 Å². The van der Waals surface area contributed by atoms with Crippen molar-refractivity contribution in [2.75, 3.05) is 36.5 Å². The standard InChI is InChI=1S/C13H16N4O4/c18-13(9-8-11(9)17(19)20)15-10-2-1-3-14-12(10)16-4-6-21-7-5-16/h1-3,9,11H,4-8H2,(H,15,18). The highest BCUT2D eigenvalue weighted by Gasteiger charge is 2.53. The van der Waals surface area contributed by atoms with Gasteiger partial charge >= 0.3 is 0 Å². The highest BCUT2D eigenvalue weighted by atomic mass is 16.6. The van der Waals surface area contributed by atoms with E-state index in [0.717, 1.165) is 0 Å². The lowest BCUT2D eigenvalue weighted by Crippen LogP contribution is -2.37. The second-order valence-electron chi connectivity index (χ2n) is 5.16. The number of amides is 1. The number of aromatic nitrogens is 1. The third-order valence-electron chi connectivity index (χ3n) is 3.72. The number of pyridine rings is 1. The molecular weight excluding hydrogens is 276 g/mol. The van der Waals surface area contributed by atoms with E-state index in [2.05, 4.69) is 10.3 Å². The van der Waals surface area contributed by atoms with Gasteiger partial charge in [0.2, 0.25) is 11.9 Å². The zero-order valence-electron chi connectivity index (χ0n) is 11.4. The summed E-state index contributed by atoms with van der Waals surface area (Å²) in [6.07, 6.45) is 1.98. The zero-order valence-corrected chi connectivity index (χ0v) is 11.4. The maximum atomic E-state index is 12.0. The van der Waals surface area contributed by atoms with Gasteiger partial charge in [-0.3, -0.25) is 14.9 Å². The molecule has 21 heavy (non-hydrogen) atoms. The number of ether oxygens (including phenoxy) is 1. The number of nitro groups is 1. The van der Waals surface area contributed by atoms with E-state index in [-0.39, 0.29) is 5.91 Å². The molecule has 2 atom stereocenters. The van der Waals surface area contributed by atoms with Crippen molar-refractivity contribution in [3.8, 4) is 0 Å². The van der Waals surface area contributed by atoms with Gasteiger partial charge in [0.25, 0.3) is 0 Å². The Balaban J connectivity index is 1.70.